The molecule has 5 heteroatoms. The van der Waals surface area contributed by atoms with Gasteiger partial charge < -0.3 is 9.72 Å². The number of rotatable bonds is 5. The number of pyridine rings is 1. The standard InChI is InChI=1S/C24H21N3OS/c1-3-16-11-20(24-21(12-16)19-7-8-25-15(2)23(19)27-24)17-5-4-6-18(13-17)28-14-22-26-9-10-29-22/h4-13,27H,3,14H2,1-2H3. The number of hydrogen-bond acceptors (Lipinski definition) is 4. The van der Waals surface area contributed by atoms with Crippen LogP contribution in [-0.2, 0) is 13.0 Å². The van der Waals surface area contributed by atoms with E-state index in [1.165, 1.54) is 21.9 Å². The van der Waals surface area contributed by atoms with Crippen molar-refractivity contribution in [1.82, 2.24) is 15.0 Å². The molecule has 144 valence electrons. The van der Waals surface area contributed by atoms with E-state index in [4.69, 9.17) is 4.74 Å². The second-order valence-electron chi connectivity index (χ2n) is 7.11. The lowest BCUT2D eigenvalue weighted by Crippen LogP contribution is -1.94. The van der Waals surface area contributed by atoms with Gasteiger partial charge in [0.2, 0.25) is 0 Å². The molecule has 0 saturated carbocycles. The summed E-state index contributed by atoms with van der Waals surface area (Å²) in [5, 5.41) is 5.41. The molecule has 4 nitrogen and oxygen atoms in total. The Kier molecular flexibility index (Phi) is 4.52. The maximum absolute atomic E-state index is 5.99. The van der Waals surface area contributed by atoms with Crippen LogP contribution in [0.5, 0.6) is 5.75 Å². The van der Waals surface area contributed by atoms with E-state index in [2.05, 4.69) is 52.2 Å². The van der Waals surface area contributed by atoms with E-state index in [-0.39, 0.29) is 0 Å². The van der Waals surface area contributed by atoms with Crippen molar-refractivity contribution in [3.05, 3.63) is 76.5 Å². The highest BCUT2D eigenvalue weighted by Gasteiger charge is 2.13. The van der Waals surface area contributed by atoms with Gasteiger partial charge in [0.15, 0.2) is 0 Å². The number of H-pyrrole nitrogens is 1. The number of benzene rings is 2. The van der Waals surface area contributed by atoms with Crippen molar-refractivity contribution in [2.45, 2.75) is 26.9 Å². The third-order valence-corrected chi connectivity index (χ3v) is 6.03. The van der Waals surface area contributed by atoms with E-state index < -0.39 is 0 Å². The van der Waals surface area contributed by atoms with Crippen molar-refractivity contribution in [3.63, 3.8) is 0 Å². The van der Waals surface area contributed by atoms with Gasteiger partial charge in [0, 0.05) is 34.1 Å². The minimum atomic E-state index is 0.489. The molecule has 0 aliphatic carbocycles. The van der Waals surface area contributed by atoms with Crippen molar-refractivity contribution < 1.29 is 4.74 Å². The summed E-state index contributed by atoms with van der Waals surface area (Å²) in [6, 6.07) is 15.0. The Hall–Kier alpha value is -3.18. The van der Waals surface area contributed by atoms with Crippen LogP contribution in [0.1, 0.15) is 23.2 Å². The molecule has 5 aromatic rings. The molecule has 2 aromatic carbocycles. The van der Waals surface area contributed by atoms with E-state index in [0.29, 0.717) is 6.61 Å². The lowest BCUT2D eigenvalue weighted by Gasteiger charge is -2.10. The first-order chi connectivity index (χ1) is 14.2. The topological polar surface area (TPSA) is 50.8 Å². The minimum Gasteiger partial charge on any atom is -0.486 e. The molecule has 0 amide bonds. The predicted molar refractivity (Wildman–Crippen MR) is 120 cm³/mol. The number of aromatic amines is 1. The SMILES string of the molecule is CCc1cc(-c2cccc(OCc3nccs3)c2)c2[nH]c3c(C)nccc3c2c1. The third kappa shape index (κ3) is 3.28. The van der Waals surface area contributed by atoms with Crippen molar-refractivity contribution in [2.24, 2.45) is 0 Å². The molecule has 3 heterocycles. The van der Waals surface area contributed by atoms with E-state index in [1.807, 2.05) is 30.6 Å². The Balaban J connectivity index is 1.63. The number of ether oxygens (including phenoxy) is 1. The van der Waals surface area contributed by atoms with Crippen molar-refractivity contribution in [3.8, 4) is 16.9 Å². The van der Waals surface area contributed by atoms with Gasteiger partial charge in [0.1, 0.15) is 17.4 Å². The van der Waals surface area contributed by atoms with Gasteiger partial charge in [-0.15, -0.1) is 11.3 Å². The minimum absolute atomic E-state index is 0.489. The van der Waals surface area contributed by atoms with Crippen LogP contribution in [0.15, 0.2) is 60.2 Å². The van der Waals surface area contributed by atoms with Gasteiger partial charge in [0.25, 0.3) is 0 Å². The number of aromatic nitrogens is 3. The molecule has 3 aromatic heterocycles. The molecule has 0 saturated heterocycles. The Morgan fingerprint density at radius 2 is 1.93 bits per heavy atom. The van der Waals surface area contributed by atoms with E-state index in [1.54, 1.807) is 17.5 Å². The lowest BCUT2D eigenvalue weighted by atomic mass is 9.98. The molecule has 1 N–H and O–H groups in total. The van der Waals surface area contributed by atoms with Gasteiger partial charge in [-0.25, -0.2) is 4.98 Å². The highest BCUT2D eigenvalue weighted by Crippen LogP contribution is 2.36. The molecule has 0 radical (unpaired) electrons. The first-order valence-corrected chi connectivity index (χ1v) is 10.6. The summed E-state index contributed by atoms with van der Waals surface area (Å²) in [7, 11) is 0. The van der Waals surface area contributed by atoms with Gasteiger partial charge in [-0.3, -0.25) is 4.98 Å². The molecule has 0 unspecified atom stereocenters. The number of aryl methyl sites for hydroxylation is 2. The van der Waals surface area contributed by atoms with Gasteiger partial charge >= 0.3 is 0 Å². The van der Waals surface area contributed by atoms with Crippen LogP contribution in [0.3, 0.4) is 0 Å². The number of hydrogen-bond donors (Lipinski definition) is 1. The summed E-state index contributed by atoms with van der Waals surface area (Å²) in [5.41, 5.74) is 6.91. The second-order valence-corrected chi connectivity index (χ2v) is 8.08. The largest absolute Gasteiger partial charge is 0.486 e. The first kappa shape index (κ1) is 17.9. The van der Waals surface area contributed by atoms with Gasteiger partial charge in [-0.2, -0.15) is 0 Å². The van der Waals surface area contributed by atoms with Crippen molar-refractivity contribution in [2.75, 3.05) is 0 Å². The fourth-order valence-corrected chi connectivity index (χ4v) is 4.30. The monoisotopic (exact) mass is 399 g/mol. The maximum atomic E-state index is 5.99. The van der Waals surface area contributed by atoms with Crippen LogP contribution >= 0.6 is 11.3 Å². The van der Waals surface area contributed by atoms with E-state index >= 15 is 0 Å². The summed E-state index contributed by atoms with van der Waals surface area (Å²) < 4.78 is 5.99. The summed E-state index contributed by atoms with van der Waals surface area (Å²) in [5.74, 6) is 0.849. The normalized spacial score (nSPS) is 11.4. The number of fused-ring (bicyclic) bond motifs is 3. The maximum Gasteiger partial charge on any atom is 0.140 e. The smallest absolute Gasteiger partial charge is 0.140 e. The average Bonchev–Trinajstić information content (AvgIpc) is 3.40. The van der Waals surface area contributed by atoms with Crippen LogP contribution in [0, 0.1) is 6.92 Å². The molecular weight excluding hydrogens is 378 g/mol. The molecule has 5 rings (SSSR count). The predicted octanol–water partition coefficient (Wildman–Crippen LogP) is 6.29. The summed E-state index contributed by atoms with van der Waals surface area (Å²) in [6.45, 7) is 4.73. The van der Waals surface area contributed by atoms with Crippen molar-refractivity contribution in [1.29, 1.82) is 0 Å². The number of nitrogens with one attached hydrogen (secondary N) is 1. The first-order valence-electron chi connectivity index (χ1n) is 9.74. The fraction of sp³-hybridized carbons (Fsp3) is 0.167. The average molecular weight is 400 g/mol. The molecular formula is C24H21N3OS. The quantitative estimate of drug-likeness (QED) is 0.378. The van der Waals surface area contributed by atoms with Crippen LogP contribution in [0.4, 0.5) is 0 Å². The molecule has 29 heavy (non-hydrogen) atoms. The van der Waals surface area contributed by atoms with E-state index in [0.717, 1.165) is 39.5 Å². The number of nitrogens with zero attached hydrogens (tertiary/aromatic N) is 2. The number of thiazole rings is 1. The fourth-order valence-electron chi connectivity index (χ4n) is 3.78. The second kappa shape index (κ2) is 7.33. The zero-order chi connectivity index (χ0) is 19.8. The van der Waals surface area contributed by atoms with Crippen LogP contribution in [0.2, 0.25) is 0 Å². The van der Waals surface area contributed by atoms with E-state index in [9.17, 15) is 0 Å². The van der Waals surface area contributed by atoms with Crippen LogP contribution in [0.25, 0.3) is 32.9 Å². The zero-order valence-corrected chi connectivity index (χ0v) is 17.2. The van der Waals surface area contributed by atoms with Crippen LogP contribution in [-0.4, -0.2) is 15.0 Å². The van der Waals surface area contributed by atoms with Gasteiger partial charge in [-0.1, -0.05) is 19.1 Å². The third-order valence-electron chi connectivity index (χ3n) is 5.28. The summed E-state index contributed by atoms with van der Waals surface area (Å²) in [4.78, 5) is 12.4. The molecule has 0 aliphatic heterocycles. The van der Waals surface area contributed by atoms with Crippen molar-refractivity contribution >= 4 is 33.1 Å². The Morgan fingerprint density at radius 1 is 1.00 bits per heavy atom. The Morgan fingerprint density at radius 3 is 2.76 bits per heavy atom. The van der Waals surface area contributed by atoms with Crippen LogP contribution < -0.4 is 4.74 Å². The Labute approximate surface area is 173 Å². The molecule has 0 fully saturated rings. The Bertz CT molecular complexity index is 1300. The lowest BCUT2D eigenvalue weighted by molar-refractivity contribution is 0.305. The van der Waals surface area contributed by atoms with Gasteiger partial charge in [-0.05, 0) is 54.8 Å². The highest BCUT2D eigenvalue weighted by atomic mass is 32.1. The zero-order valence-electron chi connectivity index (χ0n) is 16.4. The molecule has 0 spiro atoms. The molecule has 0 atom stereocenters. The molecule has 0 aliphatic rings. The highest BCUT2D eigenvalue weighted by molar-refractivity contribution is 7.09. The van der Waals surface area contributed by atoms with Gasteiger partial charge in [0.05, 0.1) is 16.7 Å². The molecule has 0 bridgehead atoms. The summed E-state index contributed by atoms with van der Waals surface area (Å²) >= 11 is 1.61. The summed E-state index contributed by atoms with van der Waals surface area (Å²) in [6.07, 6.45) is 4.68.